The Hall–Kier alpha value is -1.79. The van der Waals surface area contributed by atoms with Crippen LogP contribution in [0.4, 0.5) is 11.4 Å². The highest BCUT2D eigenvalue weighted by Crippen LogP contribution is 2.30. The number of halogens is 1. The standard InChI is InChI=1S/C16H13BrN2/c17-15-8-11(10-18)4-7-16(15)19-14-6-5-12-2-1-3-13(12)9-14/h4-9,19H,1-3H2. The molecule has 3 heteroatoms. The Morgan fingerprint density at radius 3 is 2.68 bits per heavy atom. The minimum absolute atomic E-state index is 0.659. The van der Waals surface area contributed by atoms with Crippen LogP contribution in [-0.2, 0) is 12.8 Å². The molecular formula is C16H13BrN2. The molecule has 19 heavy (non-hydrogen) atoms. The normalized spacial score (nSPS) is 12.8. The molecule has 0 aliphatic heterocycles. The number of nitrogens with zero attached hydrogens (tertiary/aromatic N) is 1. The van der Waals surface area contributed by atoms with Crippen molar-refractivity contribution in [3.8, 4) is 6.07 Å². The van der Waals surface area contributed by atoms with E-state index in [1.165, 1.54) is 30.4 Å². The summed E-state index contributed by atoms with van der Waals surface area (Å²) >= 11 is 3.49. The second-order valence-electron chi connectivity index (χ2n) is 4.77. The van der Waals surface area contributed by atoms with E-state index in [-0.39, 0.29) is 0 Å². The SMILES string of the molecule is N#Cc1ccc(Nc2ccc3c(c2)CCC3)c(Br)c1. The van der Waals surface area contributed by atoms with Crippen LogP contribution in [-0.4, -0.2) is 0 Å². The third-order valence-electron chi connectivity index (χ3n) is 3.48. The highest BCUT2D eigenvalue weighted by atomic mass is 79.9. The molecule has 0 bridgehead atoms. The molecule has 1 aliphatic rings. The van der Waals surface area contributed by atoms with E-state index in [1.54, 1.807) is 0 Å². The molecule has 0 amide bonds. The summed E-state index contributed by atoms with van der Waals surface area (Å²) in [4.78, 5) is 0. The number of aryl methyl sites for hydroxylation is 2. The third kappa shape index (κ3) is 2.50. The fourth-order valence-corrected chi connectivity index (χ4v) is 2.97. The summed E-state index contributed by atoms with van der Waals surface area (Å²) in [6.07, 6.45) is 3.65. The number of rotatable bonds is 2. The molecule has 2 aromatic carbocycles. The summed E-state index contributed by atoms with van der Waals surface area (Å²) < 4.78 is 0.909. The molecule has 0 spiro atoms. The number of benzene rings is 2. The summed E-state index contributed by atoms with van der Waals surface area (Å²) in [5.41, 5.74) is 5.67. The Kier molecular flexibility index (Phi) is 3.27. The molecule has 0 saturated carbocycles. The van der Waals surface area contributed by atoms with Crippen LogP contribution >= 0.6 is 15.9 Å². The van der Waals surface area contributed by atoms with Gasteiger partial charge in [-0.2, -0.15) is 5.26 Å². The maximum Gasteiger partial charge on any atom is 0.0992 e. The summed E-state index contributed by atoms with van der Waals surface area (Å²) in [6, 6.07) is 14.3. The van der Waals surface area contributed by atoms with Crippen LogP contribution in [0, 0.1) is 11.3 Å². The van der Waals surface area contributed by atoms with Crippen LogP contribution in [0.5, 0.6) is 0 Å². The van der Waals surface area contributed by atoms with Gasteiger partial charge in [0.05, 0.1) is 17.3 Å². The molecule has 0 aromatic heterocycles. The lowest BCUT2D eigenvalue weighted by Crippen LogP contribution is -1.93. The van der Waals surface area contributed by atoms with Gasteiger partial charge in [-0.1, -0.05) is 6.07 Å². The van der Waals surface area contributed by atoms with Gasteiger partial charge in [-0.15, -0.1) is 0 Å². The molecule has 94 valence electrons. The maximum absolute atomic E-state index is 8.86. The molecule has 0 heterocycles. The Balaban J connectivity index is 1.87. The Bertz CT molecular complexity index is 671. The van der Waals surface area contributed by atoms with Crippen LogP contribution in [0.25, 0.3) is 0 Å². The van der Waals surface area contributed by atoms with E-state index in [2.05, 4.69) is 45.5 Å². The van der Waals surface area contributed by atoms with E-state index in [1.807, 2.05) is 18.2 Å². The van der Waals surface area contributed by atoms with Crippen molar-refractivity contribution in [3.63, 3.8) is 0 Å². The van der Waals surface area contributed by atoms with Gasteiger partial charge in [-0.3, -0.25) is 0 Å². The number of nitriles is 1. The van der Waals surface area contributed by atoms with Crippen LogP contribution in [0.1, 0.15) is 23.1 Å². The van der Waals surface area contributed by atoms with Crippen molar-refractivity contribution < 1.29 is 0 Å². The first-order chi connectivity index (χ1) is 9.26. The van der Waals surface area contributed by atoms with Crippen molar-refractivity contribution in [2.75, 3.05) is 5.32 Å². The van der Waals surface area contributed by atoms with Crippen molar-refractivity contribution in [1.82, 2.24) is 0 Å². The predicted molar refractivity (Wildman–Crippen MR) is 80.6 cm³/mol. The van der Waals surface area contributed by atoms with Crippen LogP contribution in [0.15, 0.2) is 40.9 Å². The van der Waals surface area contributed by atoms with Gasteiger partial charge < -0.3 is 5.32 Å². The minimum Gasteiger partial charge on any atom is -0.355 e. The highest BCUT2D eigenvalue weighted by Gasteiger charge is 2.11. The van der Waals surface area contributed by atoms with E-state index < -0.39 is 0 Å². The molecular weight excluding hydrogens is 300 g/mol. The summed E-state index contributed by atoms with van der Waals surface area (Å²) in [6.45, 7) is 0. The monoisotopic (exact) mass is 312 g/mol. The average molecular weight is 313 g/mol. The molecule has 2 nitrogen and oxygen atoms in total. The van der Waals surface area contributed by atoms with Crippen molar-refractivity contribution in [3.05, 3.63) is 57.6 Å². The molecule has 3 rings (SSSR count). The van der Waals surface area contributed by atoms with E-state index in [4.69, 9.17) is 5.26 Å². The quantitative estimate of drug-likeness (QED) is 0.882. The van der Waals surface area contributed by atoms with E-state index >= 15 is 0 Å². The molecule has 2 aromatic rings. The van der Waals surface area contributed by atoms with Crippen molar-refractivity contribution in [1.29, 1.82) is 5.26 Å². The van der Waals surface area contributed by atoms with Gasteiger partial charge >= 0.3 is 0 Å². The minimum atomic E-state index is 0.659. The van der Waals surface area contributed by atoms with Crippen LogP contribution in [0.3, 0.4) is 0 Å². The predicted octanol–water partition coefficient (Wildman–Crippen LogP) is 4.55. The summed E-state index contributed by atoms with van der Waals surface area (Å²) in [7, 11) is 0. The largest absolute Gasteiger partial charge is 0.355 e. The molecule has 0 atom stereocenters. The average Bonchev–Trinajstić information content (AvgIpc) is 2.88. The number of hydrogen-bond acceptors (Lipinski definition) is 2. The zero-order valence-electron chi connectivity index (χ0n) is 10.4. The lowest BCUT2D eigenvalue weighted by Gasteiger charge is -2.10. The topological polar surface area (TPSA) is 35.8 Å². The second kappa shape index (κ2) is 5.07. The number of hydrogen-bond donors (Lipinski definition) is 1. The molecule has 1 aliphatic carbocycles. The Labute approximate surface area is 121 Å². The third-order valence-corrected chi connectivity index (χ3v) is 4.13. The molecule has 0 unspecified atom stereocenters. The van der Waals surface area contributed by atoms with Gasteiger partial charge in [0.2, 0.25) is 0 Å². The highest BCUT2D eigenvalue weighted by molar-refractivity contribution is 9.10. The second-order valence-corrected chi connectivity index (χ2v) is 5.62. The van der Waals surface area contributed by atoms with E-state index in [0.29, 0.717) is 5.56 Å². The molecule has 1 N–H and O–H groups in total. The lowest BCUT2D eigenvalue weighted by molar-refractivity contribution is 0.912. The van der Waals surface area contributed by atoms with Crippen molar-refractivity contribution >= 4 is 27.3 Å². The van der Waals surface area contributed by atoms with Gasteiger partial charge in [-0.25, -0.2) is 0 Å². The van der Waals surface area contributed by atoms with Gasteiger partial charge in [0.1, 0.15) is 0 Å². The maximum atomic E-state index is 8.86. The first-order valence-corrected chi connectivity index (χ1v) is 7.14. The summed E-state index contributed by atoms with van der Waals surface area (Å²) in [5.74, 6) is 0. The fourth-order valence-electron chi connectivity index (χ4n) is 2.49. The van der Waals surface area contributed by atoms with Crippen molar-refractivity contribution in [2.45, 2.75) is 19.3 Å². The molecule has 0 saturated heterocycles. The van der Waals surface area contributed by atoms with E-state index in [0.717, 1.165) is 15.8 Å². The summed E-state index contributed by atoms with van der Waals surface area (Å²) in [5, 5.41) is 12.3. The van der Waals surface area contributed by atoms with Gasteiger partial charge in [-0.05, 0) is 76.7 Å². The van der Waals surface area contributed by atoms with Crippen LogP contribution < -0.4 is 5.32 Å². The van der Waals surface area contributed by atoms with Gasteiger partial charge in [0.25, 0.3) is 0 Å². The van der Waals surface area contributed by atoms with E-state index in [9.17, 15) is 0 Å². The number of nitrogens with one attached hydrogen (secondary N) is 1. The molecule has 0 radical (unpaired) electrons. The lowest BCUT2D eigenvalue weighted by atomic mass is 10.1. The zero-order valence-corrected chi connectivity index (χ0v) is 12.0. The van der Waals surface area contributed by atoms with Gasteiger partial charge in [0, 0.05) is 10.2 Å². The number of fused-ring (bicyclic) bond motifs is 1. The van der Waals surface area contributed by atoms with Gasteiger partial charge in [0.15, 0.2) is 0 Å². The Morgan fingerprint density at radius 2 is 1.89 bits per heavy atom. The zero-order chi connectivity index (χ0) is 13.2. The Morgan fingerprint density at radius 1 is 1.05 bits per heavy atom. The van der Waals surface area contributed by atoms with Crippen LogP contribution in [0.2, 0.25) is 0 Å². The fraction of sp³-hybridized carbons (Fsp3) is 0.188. The first-order valence-electron chi connectivity index (χ1n) is 6.35. The first kappa shape index (κ1) is 12.3. The smallest absolute Gasteiger partial charge is 0.0992 e. The molecule has 0 fully saturated rings. The van der Waals surface area contributed by atoms with Crippen molar-refractivity contribution in [2.24, 2.45) is 0 Å². The number of anilines is 2.